The number of rotatable bonds is 4. The summed E-state index contributed by atoms with van der Waals surface area (Å²) in [6, 6.07) is 0. The third kappa shape index (κ3) is 2.27. The third-order valence-corrected chi connectivity index (χ3v) is 5.58. The molecule has 0 atom stereocenters. The molecule has 0 amide bonds. The summed E-state index contributed by atoms with van der Waals surface area (Å²) in [6.45, 7) is 2.18. The first-order valence-corrected chi connectivity index (χ1v) is 8.15. The maximum Gasteiger partial charge on any atom is 0.315 e. The zero-order valence-corrected chi connectivity index (χ0v) is 12.5. The molecule has 4 bridgehead atoms. The number of nitrogens with zero attached hydrogens (tertiary/aromatic N) is 2. The van der Waals surface area contributed by atoms with Gasteiger partial charge in [-0.2, -0.15) is 4.98 Å². The van der Waals surface area contributed by atoms with Crippen LogP contribution in [0.25, 0.3) is 0 Å². The zero-order chi connectivity index (χ0) is 14.4. The van der Waals surface area contributed by atoms with E-state index >= 15 is 0 Å². The second-order valence-electron chi connectivity index (χ2n) is 7.19. The molecule has 1 aromatic heterocycles. The largest absolute Gasteiger partial charge is 0.466 e. The quantitative estimate of drug-likeness (QED) is 0.798. The highest BCUT2D eigenvalue weighted by molar-refractivity contribution is 5.71. The molecule has 5 rings (SSSR count). The van der Waals surface area contributed by atoms with E-state index in [0.717, 1.165) is 23.6 Å². The molecule has 0 saturated heterocycles. The first-order chi connectivity index (χ1) is 10.2. The Hall–Kier alpha value is -1.39. The fourth-order valence-corrected chi connectivity index (χ4v) is 5.26. The molecule has 1 heterocycles. The molecule has 0 N–H and O–H groups in total. The van der Waals surface area contributed by atoms with Crippen LogP contribution in [-0.4, -0.2) is 22.7 Å². The molecule has 5 heteroatoms. The molecule has 21 heavy (non-hydrogen) atoms. The van der Waals surface area contributed by atoms with E-state index in [9.17, 15) is 4.79 Å². The first kappa shape index (κ1) is 13.3. The Balaban J connectivity index is 1.54. The molecule has 0 radical (unpaired) electrons. The SMILES string of the molecule is CCOC(=O)Cc1nc(C23CC4CC(CC(C4)C2)C3)no1. The molecular weight excluding hydrogens is 268 g/mol. The lowest BCUT2D eigenvalue weighted by molar-refractivity contribution is -0.142. The molecule has 0 aliphatic heterocycles. The van der Waals surface area contributed by atoms with Crippen LogP contribution in [0.1, 0.15) is 57.2 Å². The van der Waals surface area contributed by atoms with Crippen molar-refractivity contribution >= 4 is 5.97 Å². The molecule has 5 nitrogen and oxygen atoms in total. The van der Waals surface area contributed by atoms with E-state index in [1.807, 2.05) is 0 Å². The molecule has 114 valence electrons. The Kier molecular flexibility index (Phi) is 3.05. The van der Waals surface area contributed by atoms with Crippen LogP contribution in [0.5, 0.6) is 0 Å². The van der Waals surface area contributed by atoms with Crippen molar-refractivity contribution in [2.45, 2.75) is 57.3 Å². The minimum Gasteiger partial charge on any atom is -0.466 e. The molecule has 4 saturated carbocycles. The molecule has 4 fully saturated rings. The predicted octanol–water partition coefficient (Wildman–Crippen LogP) is 2.64. The van der Waals surface area contributed by atoms with E-state index in [1.165, 1.54) is 38.5 Å². The monoisotopic (exact) mass is 290 g/mol. The second kappa shape index (κ2) is 4.82. The lowest BCUT2D eigenvalue weighted by atomic mass is 9.49. The lowest BCUT2D eigenvalue weighted by Gasteiger charge is -2.55. The van der Waals surface area contributed by atoms with Crippen molar-refractivity contribution < 1.29 is 14.1 Å². The van der Waals surface area contributed by atoms with Crippen molar-refractivity contribution in [1.29, 1.82) is 0 Å². The summed E-state index contributed by atoms with van der Waals surface area (Å²) in [7, 11) is 0. The van der Waals surface area contributed by atoms with Gasteiger partial charge in [0.2, 0.25) is 5.89 Å². The van der Waals surface area contributed by atoms with Gasteiger partial charge in [0.15, 0.2) is 5.82 Å². The predicted molar refractivity (Wildman–Crippen MR) is 74.5 cm³/mol. The topological polar surface area (TPSA) is 65.2 Å². The van der Waals surface area contributed by atoms with Crippen molar-refractivity contribution in [1.82, 2.24) is 10.1 Å². The van der Waals surface area contributed by atoms with E-state index in [1.54, 1.807) is 6.92 Å². The summed E-state index contributed by atoms with van der Waals surface area (Å²) in [5.41, 5.74) is 0.130. The fourth-order valence-electron chi connectivity index (χ4n) is 5.26. The minimum atomic E-state index is -0.293. The van der Waals surface area contributed by atoms with Gasteiger partial charge in [-0.05, 0) is 63.2 Å². The van der Waals surface area contributed by atoms with Gasteiger partial charge >= 0.3 is 5.97 Å². The highest BCUT2D eigenvalue weighted by Crippen LogP contribution is 2.60. The number of esters is 1. The van der Waals surface area contributed by atoms with Crippen molar-refractivity contribution in [2.24, 2.45) is 17.8 Å². The number of hydrogen-bond acceptors (Lipinski definition) is 5. The van der Waals surface area contributed by atoms with Gasteiger partial charge in [-0.15, -0.1) is 0 Å². The van der Waals surface area contributed by atoms with Crippen molar-refractivity contribution in [3.05, 3.63) is 11.7 Å². The van der Waals surface area contributed by atoms with E-state index < -0.39 is 0 Å². The zero-order valence-electron chi connectivity index (χ0n) is 12.5. The van der Waals surface area contributed by atoms with Gasteiger partial charge in [0.25, 0.3) is 0 Å². The lowest BCUT2D eigenvalue weighted by Crippen LogP contribution is -2.49. The average molecular weight is 290 g/mol. The summed E-state index contributed by atoms with van der Waals surface area (Å²) < 4.78 is 10.2. The Labute approximate surface area is 124 Å². The summed E-state index contributed by atoms with van der Waals surface area (Å²) >= 11 is 0. The van der Waals surface area contributed by atoms with Crippen LogP contribution in [0, 0.1) is 17.8 Å². The van der Waals surface area contributed by atoms with E-state index in [0.29, 0.717) is 12.5 Å². The molecule has 4 aliphatic rings. The fraction of sp³-hybridized carbons (Fsp3) is 0.812. The summed E-state index contributed by atoms with van der Waals surface area (Å²) in [6.07, 6.45) is 7.89. The number of hydrogen-bond donors (Lipinski definition) is 0. The van der Waals surface area contributed by atoms with Crippen LogP contribution in [-0.2, 0) is 21.4 Å². The highest BCUT2D eigenvalue weighted by Gasteiger charge is 2.53. The van der Waals surface area contributed by atoms with Crippen molar-refractivity contribution in [2.75, 3.05) is 6.61 Å². The van der Waals surface area contributed by atoms with Crippen LogP contribution in [0.15, 0.2) is 4.52 Å². The second-order valence-corrected chi connectivity index (χ2v) is 7.19. The van der Waals surface area contributed by atoms with Gasteiger partial charge < -0.3 is 9.26 Å². The number of ether oxygens (including phenoxy) is 1. The molecule has 0 spiro atoms. The maximum atomic E-state index is 11.5. The molecule has 0 aromatic carbocycles. The standard InChI is InChI=1S/C16H22N2O3/c1-2-20-14(19)6-13-17-15(18-21-13)16-7-10-3-11(8-16)5-12(4-10)9-16/h10-12H,2-9H2,1H3. The maximum absolute atomic E-state index is 11.5. The molecule has 0 unspecified atom stereocenters. The van der Waals surface area contributed by atoms with Gasteiger partial charge in [0.1, 0.15) is 6.42 Å². The molecule has 4 aliphatic carbocycles. The summed E-state index contributed by atoms with van der Waals surface area (Å²) in [5, 5.41) is 4.23. The smallest absolute Gasteiger partial charge is 0.315 e. The first-order valence-electron chi connectivity index (χ1n) is 8.15. The minimum absolute atomic E-state index is 0.0905. The van der Waals surface area contributed by atoms with Gasteiger partial charge in [0, 0.05) is 5.41 Å². The van der Waals surface area contributed by atoms with Crippen LogP contribution < -0.4 is 0 Å². The normalized spacial score (nSPS) is 36.9. The highest BCUT2D eigenvalue weighted by atomic mass is 16.5. The third-order valence-electron chi connectivity index (χ3n) is 5.58. The van der Waals surface area contributed by atoms with Crippen LogP contribution >= 0.6 is 0 Å². The van der Waals surface area contributed by atoms with Gasteiger partial charge in [-0.3, -0.25) is 4.79 Å². The Bertz CT molecular complexity index is 516. The summed E-state index contributed by atoms with van der Waals surface area (Å²) in [5.74, 6) is 3.51. The van der Waals surface area contributed by atoms with Gasteiger partial charge in [0.05, 0.1) is 6.61 Å². The Morgan fingerprint density at radius 3 is 2.43 bits per heavy atom. The van der Waals surface area contributed by atoms with Crippen LogP contribution in [0.2, 0.25) is 0 Å². The van der Waals surface area contributed by atoms with Crippen LogP contribution in [0.3, 0.4) is 0 Å². The Morgan fingerprint density at radius 1 is 1.24 bits per heavy atom. The summed E-state index contributed by atoms with van der Waals surface area (Å²) in [4.78, 5) is 16.1. The number of aromatic nitrogens is 2. The van der Waals surface area contributed by atoms with Crippen molar-refractivity contribution in [3.63, 3.8) is 0 Å². The van der Waals surface area contributed by atoms with E-state index in [4.69, 9.17) is 9.26 Å². The number of carbonyl (C=O) groups is 1. The average Bonchev–Trinajstić information content (AvgIpc) is 2.86. The molecule has 1 aromatic rings. The van der Waals surface area contributed by atoms with Crippen LogP contribution in [0.4, 0.5) is 0 Å². The van der Waals surface area contributed by atoms with Gasteiger partial charge in [-0.1, -0.05) is 5.16 Å². The Morgan fingerprint density at radius 2 is 1.86 bits per heavy atom. The number of carbonyl (C=O) groups excluding carboxylic acids is 1. The van der Waals surface area contributed by atoms with Gasteiger partial charge in [-0.25, -0.2) is 0 Å². The molecular formula is C16H22N2O3. The van der Waals surface area contributed by atoms with Crippen molar-refractivity contribution in [3.8, 4) is 0 Å². The van der Waals surface area contributed by atoms with E-state index in [-0.39, 0.29) is 17.8 Å². The van der Waals surface area contributed by atoms with E-state index in [2.05, 4.69) is 10.1 Å².